The maximum absolute atomic E-state index is 11.9. The summed E-state index contributed by atoms with van der Waals surface area (Å²) in [5, 5.41) is 15.7. The molecule has 1 amide bonds. The van der Waals surface area contributed by atoms with Crippen LogP contribution in [0.1, 0.15) is 35.8 Å². The van der Waals surface area contributed by atoms with Crippen LogP contribution >= 0.6 is 0 Å². The molecule has 2 aromatic rings. The molecular weight excluding hydrogens is 298 g/mol. The molecule has 2 rings (SSSR count). The van der Waals surface area contributed by atoms with Gasteiger partial charge in [0.1, 0.15) is 5.82 Å². The zero-order valence-electron chi connectivity index (χ0n) is 13.0. The largest absolute Gasteiger partial charge is 0.452 e. The van der Waals surface area contributed by atoms with Crippen molar-refractivity contribution in [1.82, 2.24) is 9.78 Å². The van der Waals surface area contributed by atoms with Crippen molar-refractivity contribution in [3.63, 3.8) is 0 Å². The monoisotopic (exact) mass is 317 g/mol. The summed E-state index contributed by atoms with van der Waals surface area (Å²) in [4.78, 5) is 23.7. The number of amides is 1. The van der Waals surface area contributed by atoms with E-state index in [0.717, 1.165) is 0 Å². The number of anilines is 1. The van der Waals surface area contributed by atoms with Crippen LogP contribution in [0, 0.1) is 0 Å². The topological polar surface area (TPSA) is 93.5 Å². The molecule has 0 radical (unpaired) electrons. The van der Waals surface area contributed by atoms with Gasteiger partial charge in [-0.2, -0.15) is 5.10 Å². The summed E-state index contributed by atoms with van der Waals surface area (Å²) < 4.78 is 6.63. The molecule has 0 aliphatic carbocycles. The van der Waals surface area contributed by atoms with E-state index in [4.69, 9.17) is 9.84 Å². The van der Waals surface area contributed by atoms with Crippen LogP contribution in [0.2, 0.25) is 0 Å². The van der Waals surface area contributed by atoms with E-state index in [1.54, 1.807) is 41.2 Å². The minimum Gasteiger partial charge on any atom is -0.452 e. The number of aliphatic hydroxyl groups excluding tert-OH is 1. The number of nitrogens with one attached hydrogen (secondary N) is 1. The molecule has 7 heteroatoms. The second-order valence-corrected chi connectivity index (χ2v) is 5.23. The standard InChI is InChI=1S/C16H19N3O4/c1-11(2)19-14(7-8-17-19)18-15(21)10-23-16(22)13-5-3-12(9-20)4-6-13/h3-8,11,20H,9-10H2,1-2H3,(H,18,21). The van der Waals surface area contributed by atoms with E-state index in [0.29, 0.717) is 16.9 Å². The predicted molar refractivity (Wildman–Crippen MR) is 83.9 cm³/mol. The lowest BCUT2D eigenvalue weighted by molar-refractivity contribution is -0.119. The molecule has 1 heterocycles. The number of hydrogen-bond donors (Lipinski definition) is 2. The van der Waals surface area contributed by atoms with Crippen molar-refractivity contribution in [2.24, 2.45) is 0 Å². The van der Waals surface area contributed by atoms with Crippen molar-refractivity contribution < 1.29 is 19.4 Å². The van der Waals surface area contributed by atoms with Crippen LogP contribution in [-0.2, 0) is 16.1 Å². The van der Waals surface area contributed by atoms with E-state index >= 15 is 0 Å². The van der Waals surface area contributed by atoms with E-state index in [1.807, 2.05) is 13.8 Å². The highest BCUT2D eigenvalue weighted by Crippen LogP contribution is 2.13. The second-order valence-electron chi connectivity index (χ2n) is 5.23. The molecule has 0 saturated carbocycles. The molecule has 0 atom stereocenters. The number of rotatable bonds is 6. The SMILES string of the molecule is CC(C)n1nccc1NC(=O)COC(=O)c1ccc(CO)cc1. The number of benzene rings is 1. The molecule has 1 aromatic carbocycles. The average molecular weight is 317 g/mol. The lowest BCUT2D eigenvalue weighted by atomic mass is 10.1. The third-order valence-electron chi connectivity index (χ3n) is 3.13. The lowest BCUT2D eigenvalue weighted by Crippen LogP contribution is -2.23. The normalized spacial score (nSPS) is 10.6. The Morgan fingerprint density at radius 3 is 2.57 bits per heavy atom. The molecule has 23 heavy (non-hydrogen) atoms. The first-order valence-corrected chi connectivity index (χ1v) is 7.21. The van der Waals surface area contributed by atoms with Crippen LogP contribution < -0.4 is 5.32 Å². The van der Waals surface area contributed by atoms with Crippen molar-refractivity contribution in [1.29, 1.82) is 0 Å². The van der Waals surface area contributed by atoms with Gasteiger partial charge in [0.2, 0.25) is 0 Å². The van der Waals surface area contributed by atoms with Crippen molar-refractivity contribution in [3.8, 4) is 0 Å². The lowest BCUT2D eigenvalue weighted by Gasteiger charge is -2.11. The van der Waals surface area contributed by atoms with E-state index in [1.165, 1.54) is 0 Å². The zero-order valence-corrected chi connectivity index (χ0v) is 13.0. The number of carbonyl (C=O) groups excluding carboxylic acids is 2. The van der Waals surface area contributed by atoms with Crippen LogP contribution in [-0.4, -0.2) is 33.4 Å². The highest BCUT2D eigenvalue weighted by molar-refractivity contribution is 5.95. The molecule has 0 saturated heterocycles. The van der Waals surface area contributed by atoms with Crippen molar-refractivity contribution >= 4 is 17.7 Å². The summed E-state index contributed by atoms with van der Waals surface area (Å²) in [6, 6.07) is 8.11. The van der Waals surface area contributed by atoms with E-state index in [-0.39, 0.29) is 19.3 Å². The number of aliphatic hydroxyl groups is 1. The molecule has 0 unspecified atom stereocenters. The highest BCUT2D eigenvalue weighted by Gasteiger charge is 2.13. The average Bonchev–Trinajstić information content (AvgIpc) is 3.01. The molecule has 7 nitrogen and oxygen atoms in total. The maximum Gasteiger partial charge on any atom is 0.338 e. The quantitative estimate of drug-likeness (QED) is 0.792. The first-order valence-electron chi connectivity index (χ1n) is 7.21. The Bertz CT molecular complexity index is 677. The van der Waals surface area contributed by atoms with Gasteiger partial charge in [0.25, 0.3) is 5.91 Å². The molecular formula is C16H19N3O4. The molecule has 0 bridgehead atoms. The fraction of sp³-hybridized carbons (Fsp3) is 0.312. The van der Waals surface area contributed by atoms with Crippen LogP contribution in [0.4, 0.5) is 5.82 Å². The Labute approximate surface area is 133 Å². The Morgan fingerprint density at radius 2 is 1.96 bits per heavy atom. The number of ether oxygens (including phenoxy) is 1. The molecule has 0 spiro atoms. The predicted octanol–water partition coefficient (Wildman–Crippen LogP) is 1.75. The number of hydrogen-bond acceptors (Lipinski definition) is 5. The smallest absolute Gasteiger partial charge is 0.338 e. The Balaban J connectivity index is 1.88. The summed E-state index contributed by atoms with van der Waals surface area (Å²) in [6.45, 7) is 3.41. The van der Waals surface area contributed by atoms with Crippen LogP contribution in [0.15, 0.2) is 36.5 Å². The van der Waals surface area contributed by atoms with Gasteiger partial charge in [-0.05, 0) is 31.5 Å². The van der Waals surface area contributed by atoms with E-state index < -0.39 is 11.9 Å². The van der Waals surface area contributed by atoms with Gasteiger partial charge in [-0.25, -0.2) is 9.48 Å². The van der Waals surface area contributed by atoms with Gasteiger partial charge in [-0.1, -0.05) is 12.1 Å². The van der Waals surface area contributed by atoms with Crippen molar-refractivity contribution in [2.45, 2.75) is 26.5 Å². The van der Waals surface area contributed by atoms with Gasteiger partial charge in [0.05, 0.1) is 18.4 Å². The number of nitrogens with zero attached hydrogens (tertiary/aromatic N) is 2. The van der Waals surface area contributed by atoms with Gasteiger partial charge < -0.3 is 15.2 Å². The van der Waals surface area contributed by atoms with Crippen LogP contribution in [0.25, 0.3) is 0 Å². The van der Waals surface area contributed by atoms with E-state index in [2.05, 4.69) is 10.4 Å². The molecule has 0 fully saturated rings. The molecule has 122 valence electrons. The van der Waals surface area contributed by atoms with Crippen molar-refractivity contribution in [3.05, 3.63) is 47.7 Å². The minimum atomic E-state index is -0.595. The third kappa shape index (κ3) is 4.40. The summed E-state index contributed by atoms with van der Waals surface area (Å²) in [5.74, 6) is -0.483. The number of aromatic nitrogens is 2. The van der Waals surface area contributed by atoms with Gasteiger partial charge >= 0.3 is 5.97 Å². The van der Waals surface area contributed by atoms with Gasteiger partial charge in [0, 0.05) is 12.1 Å². The first kappa shape index (κ1) is 16.7. The zero-order chi connectivity index (χ0) is 16.8. The summed E-state index contributed by atoms with van der Waals surface area (Å²) in [7, 11) is 0. The summed E-state index contributed by atoms with van der Waals surface area (Å²) >= 11 is 0. The summed E-state index contributed by atoms with van der Waals surface area (Å²) in [5.41, 5.74) is 1.02. The number of esters is 1. The van der Waals surface area contributed by atoms with Crippen molar-refractivity contribution in [2.75, 3.05) is 11.9 Å². The third-order valence-corrected chi connectivity index (χ3v) is 3.13. The fourth-order valence-electron chi connectivity index (χ4n) is 1.96. The number of carbonyl (C=O) groups is 2. The molecule has 1 aromatic heterocycles. The van der Waals surface area contributed by atoms with E-state index in [9.17, 15) is 9.59 Å². The Kier molecular flexibility index (Phi) is 5.48. The second kappa shape index (κ2) is 7.55. The van der Waals surface area contributed by atoms with Gasteiger partial charge in [-0.15, -0.1) is 0 Å². The first-order chi connectivity index (χ1) is 11.0. The molecule has 2 N–H and O–H groups in total. The Morgan fingerprint density at radius 1 is 1.26 bits per heavy atom. The Hall–Kier alpha value is -2.67. The molecule has 0 aliphatic heterocycles. The van der Waals surface area contributed by atoms with Crippen LogP contribution in [0.3, 0.4) is 0 Å². The maximum atomic E-state index is 11.9. The van der Waals surface area contributed by atoms with Gasteiger partial charge in [-0.3, -0.25) is 4.79 Å². The summed E-state index contributed by atoms with van der Waals surface area (Å²) in [6.07, 6.45) is 1.59. The fourth-order valence-corrected chi connectivity index (χ4v) is 1.96. The van der Waals surface area contributed by atoms with Gasteiger partial charge in [0.15, 0.2) is 6.61 Å². The highest BCUT2D eigenvalue weighted by atomic mass is 16.5. The molecule has 0 aliphatic rings. The van der Waals surface area contributed by atoms with Crippen LogP contribution in [0.5, 0.6) is 0 Å². The minimum absolute atomic E-state index is 0.0960.